The molecule has 106 valence electrons. The van der Waals surface area contributed by atoms with Crippen molar-refractivity contribution in [2.75, 3.05) is 18.5 Å². The molecule has 2 rings (SSSR count). The van der Waals surface area contributed by atoms with Crippen molar-refractivity contribution in [2.45, 2.75) is 45.5 Å². The van der Waals surface area contributed by atoms with E-state index in [2.05, 4.69) is 15.3 Å². The summed E-state index contributed by atoms with van der Waals surface area (Å²) in [5, 5.41) is 3.67. The van der Waals surface area contributed by atoms with E-state index in [1.54, 1.807) is 6.07 Å². The molecular formula is C13H20ClN3O2. The lowest BCUT2D eigenvalue weighted by Gasteiger charge is -2.17. The van der Waals surface area contributed by atoms with Gasteiger partial charge in [0.25, 0.3) is 0 Å². The molecule has 1 aromatic rings. The molecule has 1 aliphatic heterocycles. The van der Waals surface area contributed by atoms with Crippen molar-refractivity contribution in [3.8, 4) is 0 Å². The molecule has 6 heteroatoms. The molecule has 5 nitrogen and oxygen atoms in total. The van der Waals surface area contributed by atoms with Crippen molar-refractivity contribution in [2.24, 2.45) is 0 Å². The Hall–Kier alpha value is -0.910. The van der Waals surface area contributed by atoms with E-state index in [0.29, 0.717) is 18.3 Å². The minimum atomic E-state index is -0.501. The van der Waals surface area contributed by atoms with Crippen molar-refractivity contribution in [3.05, 3.63) is 17.0 Å². The van der Waals surface area contributed by atoms with Crippen LogP contribution in [0, 0.1) is 0 Å². The average molecular weight is 286 g/mol. The second-order valence-corrected chi connectivity index (χ2v) is 5.81. The van der Waals surface area contributed by atoms with E-state index in [1.165, 1.54) is 0 Å². The zero-order chi connectivity index (χ0) is 14.0. The fourth-order valence-corrected chi connectivity index (χ4v) is 2.06. The number of hydrogen-bond acceptors (Lipinski definition) is 5. The lowest BCUT2D eigenvalue weighted by Crippen LogP contribution is -2.26. The summed E-state index contributed by atoms with van der Waals surface area (Å²) in [4.78, 5) is 8.62. The van der Waals surface area contributed by atoms with Crippen LogP contribution in [-0.2, 0) is 9.47 Å². The van der Waals surface area contributed by atoms with Crippen LogP contribution in [0.2, 0.25) is 5.15 Å². The fraction of sp³-hybridized carbons (Fsp3) is 0.692. The van der Waals surface area contributed by atoms with Gasteiger partial charge in [-0.3, -0.25) is 0 Å². The highest BCUT2D eigenvalue weighted by molar-refractivity contribution is 6.29. The van der Waals surface area contributed by atoms with E-state index >= 15 is 0 Å². The number of anilines is 1. The Balaban J connectivity index is 1.96. The highest BCUT2D eigenvalue weighted by Gasteiger charge is 2.32. The summed E-state index contributed by atoms with van der Waals surface area (Å²) in [6.45, 7) is 9.10. The highest BCUT2D eigenvalue weighted by Crippen LogP contribution is 2.23. The number of halogens is 1. The van der Waals surface area contributed by atoms with Gasteiger partial charge in [0.05, 0.1) is 6.61 Å². The Morgan fingerprint density at radius 2 is 2.21 bits per heavy atom. The minimum Gasteiger partial charge on any atom is -0.367 e. The molecule has 0 aromatic carbocycles. The van der Waals surface area contributed by atoms with Crippen LogP contribution in [0.1, 0.15) is 39.4 Å². The lowest BCUT2D eigenvalue weighted by molar-refractivity contribution is -0.136. The van der Waals surface area contributed by atoms with Gasteiger partial charge in [-0.15, -0.1) is 0 Å². The molecule has 0 saturated carbocycles. The van der Waals surface area contributed by atoms with Crippen molar-refractivity contribution >= 4 is 17.4 Å². The molecule has 1 aromatic heterocycles. The van der Waals surface area contributed by atoms with E-state index in [4.69, 9.17) is 21.1 Å². The number of aromatic nitrogens is 2. The standard InChI is InChI=1S/C13H20ClN3O2/c1-8(2)12-16-10(14)5-11(17-12)15-6-9-7-18-13(3,4)19-9/h5,8-9H,6-7H2,1-4H3,(H,15,16,17). The molecule has 0 spiro atoms. The normalized spacial score (nSPS) is 21.9. The summed E-state index contributed by atoms with van der Waals surface area (Å²) in [7, 11) is 0. The Labute approximate surface area is 118 Å². The highest BCUT2D eigenvalue weighted by atomic mass is 35.5. The molecule has 2 heterocycles. The maximum Gasteiger partial charge on any atom is 0.163 e. The third-order valence-electron chi connectivity index (χ3n) is 2.81. The Kier molecular flexibility index (Phi) is 4.28. The lowest BCUT2D eigenvalue weighted by atomic mass is 10.2. The molecule has 0 aliphatic carbocycles. The number of rotatable bonds is 4. The topological polar surface area (TPSA) is 56.3 Å². The van der Waals surface area contributed by atoms with Gasteiger partial charge in [-0.1, -0.05) is 25.4 Å². The summed E-state index contributed by atoms with van der Waals surface area (Å²) >= 11 is 5.99. The Bertz CT molecular complexity index is 452. The predicted octanol–water partition coefficient (Wildman–Crippen LogP) is 2.82. The molecule has 1 saturated heterocycles. The SMILES string of the molecule is CC(C)c1nc(Cl)cc(NCC2COC(C)(C)O2)n1. The smallest absolute Gasteiger partial charge is 0.163 e. The third kappa shape index (κ3) is 4.03. The Morgan fingerprint density at radius 1 is 1.47 bits per heavy atom. The monoisotopic (exact) mass is 285 g/mol. The van der Waals surface area contributed by atoms with Gasteiger partial charge < -0.3 is 14.8 Å². The van der Waals surface area contributed by atoms with Gasteiger partial charge in [-0.25, -0.2) is 9.97 Å². The van der Waals surface area contributed by atoms with Crippen molar-refractivity contribution < 1.29 is 9.47 Å². The fourth-order valence-electron chi connectivity index (χ4n) is 1.87. The first-order chi connectivity index (χ1) is 8.85. The number of nitrogens with one attached hydrogen (secondary N) is 1. The van der Waals surface area contributed by atoms with Gasteiger partial charge in [0, 0.05) is 18.5 Å². The van der Waals surface area contributed by atoms with Crippen molar-refractivity contribution in [3.63, 3.8) is 0 Å². The van der Waals surface area contributed by atoms with Gasteiger partial charge >= 0.3 is 0 Å². The molecule has 0 bridgehead atoms. The molecule has 19 heavy (non-hydrogen) atoms. The van der Waals surface area contributed by atoms with Crippen LogP contribution in [0.3, 0.4) is 0 Å². The van der Waals surface area contributed by atoms with Crippen LogP contribution >= 0.6 is 11.6 Å². The van der Waals surface area contributed by atoms with Crippen LogP contribution in [0.5, 0.6) is 0 Å². The van der Waals surface area contributed by atoms with E-state index < -0.39 is 5.79 Å². The molecule has 1 N–H and O–H groups in total. The average Bonchev–Trinajstić information content (AvgIpc) is 2.65. The van der Waals surface area contributed by atoms with Gasteiger partial charge in [0.1, 0.15) is 22.9 Å². The quantitative estimate of drug-likeness (QED) is 0.862. The summed E-state index contributed by atoms with van der Waals surface area (Å²) in [6, 6.07) is 1.72. The van der Waals surface area contributed by atoms with Crippen LogP contribution in [0.25, 0.3) is 0 Å². The summed E-state index contributed by atoms with van der Waals surface area (Å²) < 4.78 is 11.2. The van der Waals surface area contributed by atoms with Crippen molar-refractivity contribution in [1.82, 2.24) is 9.97 Å². The summed E-state index contributed by atoms with van der Waals surface area (Å²) in [5.41, 5.74) is 0. The van der Waals surface area contributed by atoms with E-state index in [9.17, 15) is 0 Å². The molecule has 1 fully saturated rings. The van der Waals surface area contributed by atoms with Crippen LogP contribution < -0.4 is 5.32 Å². The first-order valence-corrected chi connectivity index (χ1v) is 6.83. The van der Waals surface area contributed by atoms with Gasteiger partial charge in [0.2, 0.25) is 0 Å². The van der Waals surface area contributed by atoms with Gasteiger partial charge in [0.15, 0.2) is 5.79 Å². The van der Waals surface area contributed by atoms with Crippen LogP contribution in [-0.4, -0.2) is 35.0 Å². The molecule has 1 atom stereocenters. The molecule has 1 aliphatic rings. The zero-order valence-electron chi connectivity index (χ0n) is 11.7. The molecule has 1 unspecified atom stereocenters. The first kappa shape index (κ1) is 14.5. The third-order valence-corrected chi connectivity index (χ3v) is 3.00. The van der Waals surface area contributed by atoms with E-state index in [1.807, 2.05) is 27.7 Å². The number of nitrogens with zero attached hydrogens (tertiary/aromatic N) is 2. The second-order valence-electron chi connectivity index (χ2n) is 5.42. The van der Waals surface area contributed by atoms with Crippen LogP contribution in [0.4, 0.5) is 5.82 Å². The molecule has 0 amide bonds. The second kappa shape index (κ2) is 5.61. The first-order valence-electron chi connectivity index (χ1n) is 6.46. The van der Waals surface area contributed by atoms with E-state index in [0.717, 1.165) is 11.6 Å². The van der Waals surface area contributed by atoms with Crippen LogP contribution in [0.15, 0.2) is 6.07 Å². The van der Waals surface area contributed by atoms with Gasteiger partial charge in [-0.05, 0) is 13.8 Å². The maximum absolute atomic E-state index is 5.99. The Morgan fingerprint density at radius 3 is 2.79 bits per heavy atom. The number of ether oxygens (including phenoxy) is 2. The minimum absolute atomic E-state index is 0.0197. The zero-order valence-corrected chi connectivity index (χ0v) is 12.5. The molecule has 0 radical (unpaired) electrons. The number of hydrogen-bond donors (Lipinski definition) is 1. The van der Waals surface area contributed by atoms with Gasteiger partial charge in [-0.2, -0.15) is 0 Å². The van der Waals surface area contributed by atoms with E-state index in [-0.39, 0.29) is 12.0 Å². The molecular weight excluding hydrogens is 266 g/mol. The summed E-state index contributed by atoms with van der Waals surface area (Å²) in [5.74, 6) is 1.19. The summed E-state index contributed by atoms with van der Waals surface area (Å²) in [6.07, 6.45) is 0.0197. The largest absolute Gasteiger partial charge is 0.367 e. The maximum atomic E-state index is 5.99. The van der Waals surface area contributed by atoms with Crippen molar-refractivity contribution in [1.29, 1.82) is 0 Å². The predicted molar refractivity (Wildman–Crippen MR) is 74.5 cm³/mol.